The summed E-state index contributed by atoms with van der Waals surface area (Å²) in [6.07, 6.45) is 1.64. The van der Waals surface area contributed by atoms with Crippen LogP contribution in [0.25, 0.3) is 0 Å². The average Bonchev–Trinajstić information content (AvgIpc) is 2.32. The second-order valence-corrected chi connectivity index (χ2v) is 4.72. The first-order valence-corrected chi connectivity index (χ1v) is 6.04. The number of aromatic nitrogens is 1. The number of aliphatic hydroxyl groups is 1. The second-order valence-electron chi connectivity index (χ2n) is 4.72. The smallest absolute Gasteiger partial charge is 0.251 e. The number of rotatable bonds is 5. The van der Waals surface area contributed by atoms with E-state index in [2.05, 4.69) is 5.32 Å². The zero-order chi connectivity index (χ0) is 13.7. The Balaban J connectivity index is 2.51. The number of nitrogens with zero attached hydrogens (tertiary/aromatic N) is 1. The molecule has 1 aromatic heterocycles. The van der Waals surface area contributed by atoms with Gasteiger partial charge in [-0.2, -0.15) is 0 Å². The van der Waals surface area contributed by atoms with Crippen molar-refractivity contribution in [2.24, 2.45) is 13.0 Å². The SMILES string of the molecule is CC(C)C(O)CCNC(=O)c1ccn(C)c(=O)c1. The van der Waals surface area contributed by atoms with E-state index in [0.29, 0.717) is 18.5 Å². The number of aryl methyl sites for hydroxylation is 1. The summed E-state index contributed by atoms with van der Waals surface area (Å²) in [5, 5.41) is 12.3. The summed E-state index contributed by atoms with van der Waals surface area (Å²) in [6.45, 7) is 4.24. The monoisotopic (exact) mass is 252 g/mol. The van der Waals surface area contributed by atoms with Crippen molar-refractivity contribution in [3.8, 4) is 0 Å². The first kappa shape index (κ1) is 14.4. The van der Waals surface area contributed by atoms with Crippen LogP contribution in [0.5, 0.6) is 0 Å². The zero-order valence-corrected chi connectivity index (χ0v) is 11.0. The van der Waals surface area contributed by atoms with Crippen LogP contribution in [0.1, 0.15) is 30.6 Å². The van der Waals surface area contributed by atoms with Gasteiger partial charge in [0, 0.05) is 31.4 Å². The van der Waals surface area contributed by atoms with E-state index >= 15 is 0 Å². The fraction of sp³-hybridized carbons (Fsp3) is 0.538. The topological polar surface area (TPSA) is 71.3 Å². The summed E-state index contributed by atoms with van der Waals surface area (Å²) in [6, 6.07) is 2.89. The molecule has 0 aliphatic rings. The molecule has 0 spiro atoms. The van der Waals surface area contributed by atoms with E-state index in [4.69, 9.17) is 0 Å². The van der Waals surface area contributed by atoms with Crippen molar-refractivity contribution in [3.05, 3.63) is 34.2 Å². The Morgan fingerprint density at radius 2 is 2.17 bits per heavy atom. The van der Waals surface area contributed by atoms with E-state index in [1.54, 1.807) is 19.3 Å². The van der Waals surface area contributed by atoms with E-state index in [9.17, 15) is 14.7 Å². The first-order chi connectivity index (χ1) is 8.41. The molecular weight excluding hydrogens is 232 g/mol. The van der Waals surface area contributed by atoms with Gasteiger partial charge in [0.2, 0.25) is 0 Å². The lowest BCUT2D eigenvalue weighted by Crippen LogP contribution is -2.30. The molecule has 0 radical (unpaired) electrons. The van der Waals surface area contributed by atoms with E-state index in [1.165, 1.54) is 10.6 Å². The molecule has 1 aromatic rings. The predicted octanol–water partition coefficient (Wildman–Crippen LogP) is 0.522. The Morgan fingerprint density at radius 1 is 1.50 bits per heavy atom. The van der Waals surface area contributed by atoms with Crippen molar-refractivity contribution in [2.75, 3.05) is 6.54 Å². The Hall–Kier alpha value is -1.62. The summed E-state index contributed by atoms with van der Waals surface area (Å²) in [4.78, 5) is 23.1. The summed E-state index contributed by atoms with van der Waals surface area (Å²) in [5.74, 6) is -0.116. The third kappa shape index (κ3) is 4.00. The molecule has 0 aliphatic carbocycles. The van der Waals surface area contributed by atoms with Crippen LogP contribution in [0.4, 0.5) is 0 Å². The molecule has 18 heavy (non-hydrogen) atoms. The minimum Gasteiger partial charge on any atom is -0.393 e. The Labute approximate surface area is 106 Å². The number of nitrogens with one attached hydrogen (secondary N) is 1. The highest BCUT2D eigenvalue weighted by Crippen LogP contribution is 2.04. The Morgan fingerprint density at radius 3 is 2.72 bits per heavy atom. The summed E-state index contributed by atoms with van der Waals surface area (Å²) < 4.78 is 1.40. The molecule has 100 valence electrons. The van der Waals surface area contributed by atoms with Gasteiger partial charge in [0.1, 0.15) is 0 Å². The molecule has 0 bridgehead atoms. The minimum absolute atomic E-state index is 0.172. The van der Waals surface area contributed by atoms with Crippen LogP contribution in [0, 0.1) is 5.92 Å². The molecule has 0 aromatic carbocycles. The molecule has 2 N–H and O–H groups in total. The van der Waals surface area contributed by atoms with Crippen LogP contribution in [0.15, 0.2) is 23.1 Å². The van der Waals surface area contributed by atoms with Crippen LogP contribution >= 0.6 is 0 Å². The van der Waals surface area contributed by atoms with Gasteiger partial charge >= 0.3 is 0 Å². The number of hydrogen-bond acceptors (Lipinski definition) is 3. The molecule has 5 heteroatoms. The van der Waals surface area contributed by atoms with Crippen LogP contribution in [0.2, 0.25) is 0 Å². The standard InChI is InChI=1S/C13H20N2O3/c1-9(2)11(16)4-6-14-13(18)10-5-7-15(3)12(17)8-10/h5,7-9,11,16H,4,6H2,1-3H3,(H,14,18). The van der Waals surface area contributed by atoms with Gasteiger partial charge in [-0.1, -0.05) is 13.8 Å². The number of carbonyl (C=O) groups is 1. The molecule has 1 rings (SSSR count). The average molecular weight is 252 g/mol. The molecule has 1 atom stereocenters. The lowest BCUT2D eigenvalue weighted by molar-refractivity contribution is 0.0920. The molecule has 1 unspecified atom stereocenters. The van der Waals surface area contributed by atoms with Crippen LogP contribution in [0.3, 0.4) is 0 Å². The fourth-order valence-electron chi connectivity index (χ4n) is 1.46. The third-order valence-electron chi connectivity index (χ3n) is 2.86. The Bertz CT molecular complexity index is 466. The van der Waals surface area contributed by atoms with Crippen molar-refractivity contribution < 1.29 is 9.90 Å². The molecule has 5 nitrogen and oxygen atoms in total. The van der Waals surface area contributed by atoms with Crippen LogP contribution < -0.4 is 10.9 Å². The molecule has 1 amide bonds. The van der Waals surface area contributed by atoms with Gasteiger partial charge in [0.25, 0.3) is 11.5 Å². The number of aliphatic hydroxyl groups excluding tert-OH is 1. The quantitative estimate of drug-likeness (QED) is 0.802. The highest BCUT2D eigenvalue weighted by molar-refractivity contribution is 5.93. The second kappa shape index (κ2) is 6.35. The molecule has 1 heterocycles. The van der Waals surface area contributed by atoms with Gasteiger partial charge in [-0.3, -0.25) is 9.59 Å². The van der Waals surface area contributed by atoms with Crippen molar-refractivity contribution in [1.82, 2.24) is 9.88 Å². The first-order valence-electron chi connectivity index (χ1n) is 6.04. The predicted molar refractivity (Wildman–Crippen MR) is 69.5 cm³/mol. The number of amides is 1. The maximum Gasteiger partial charge on any atom is 0.251 e. The van der Waals surface area contributed by atoms with Gasteiger partial charge in [-0.25, -0.2) is 0 Å². The fourth-order valence-corrected chi connectivity index (χ4v) is 1.46. The number of pyridine rings is 1. The van der Waals surface area contributed by atoms with E-state index in [1.807, 2.05) is 13.8 Å². The summed E-state index contributed by atoms with van der Waals surface area (Å²) >= 11 is 0. The minimum atomic E-state index is -0.422. The van der Waals surface area contributed by atoms with Crippen molar-refractivity contribution in [2.45, 2.75) is 26.4 Å². The molecule has 0 aliphatic heterocycles. The molecule has 0 saturated heterocycles. The molecule has 0 fully saturated rings. The van der Waals surface area contributed by atoms with Gasteiger partial charge in [-0.05, 0) is 18.4 Å². The van der Waals surface area contributed by atoms with Crippen LogP contribution in [-0.4, -0.2) is 28.2 Å². The number of carbonyl (C=O) groups excluding carboxylic acids is 1. The van der Waals surface area contributed by atoms with Gasteiger partial charge in [0.15, 0.2) is 0 Å². The lowest BCUT2D eigenvalue weighted by Gasteiger charge is -2.14. The largest absolute Gasteiger partial charge is 0.393 e. The van der Waals surface area contributed by atoms with Gasteiger partial charge in [0.05, 0.1) is 6.10 Å². The Kier molecular flexibility index (Phi) is 5.09. The highest BCUT2D eigenvalue weighted by Gasteiger charge is 2.10. The zero-order valence-electron chi connectivity index (χ0n) is 11.0. The van der Waals surface area contributed by atoms with Crippen LogP contribution in [-0.2, 0) is 7.05 Å². The number of hydrogen-bond donors (Lipinski definition) is 2. The van der Waals surface area contributed by atoms with Gasteiger partial charge < -0.3 is 15.0 Å². The van der Waals surface area contributed by atoms with E-state index < -0.39 is 6.10 Å². The van der Waals surface area contributed by atoms with Gasteiger partial charge in [-0.15, -0.1) is 0 Å². The highest BCUT2D eigenvalue weighted by atomic mass is 16.3. The summed E-state index contributed by atoms with van der Waals surface area (Å²) in [5.41, 5.74) is 0.127. The molecular formula is C13H20N2O3. The normalized spacial score (nSPS) is 12.5. The maximum absolute atomic E-state index is 11.7. The lowest BCUT2D eigenvalue weighted by atomic mass is 10.0. The van der Waals surface area contributed by atoms with Crippen molar-refractivity contribution >= 4 is 5.91 Å². The third-order valence-corrected chi connectivity index (χ3v) is 2.86. The van der Waals surface area contributed by atoms with E-state index in [0.717, 1.165) is 0 Å². The van der Waals surface area contributed by atoms with Crippen molar-refractivity contribution in [3.63, 3.8) is 0 Å². The maximum atomic E-state index is 11.7. The van der Waals surface area contributed by atoms with Crippen molar-refractivity contribution in [1.29, 1.82) is 0 Å². The molecule has 0 saturated carbocycles. The van der Waals surface area contributed by atoms with E-state index in [-0.39, 0.29) is 17.4 Å². The summed E-state index contributed by atoms with van der Waals surface area (Å²) in [7, 11) is 1.63.